The first-order valence-electron chi connectivity index (χ1n) is 8.31. The van der Waals surface area contributed by atoms with Crippen LogP contribution >= 0.6 is 11.3 Å². The number of amides is 1. The highest BCUT2D eigenvalue weighted by Crippen LogP contribution is 2.15. The number of anilines is 1. The monoisotopic (exact) mass is 401 g/mol. The number of sulfonamides is 1. The van der Waals surface area contributed by atoms with E-state index in [0.717, 1.165) is 10.4 Å². The number of carbonyl (C=O) groups excluding carboxylic acids is 1. The van der Waals surface area contributed by atoms with Gasteiger partial charge in [0.25, 0.3) is 5.91 Å². The Morgan fingerprint density at radius 1 is 1.11 bits per heavy atom. The molecule has 0 radical (unpaired) electrons. The van der Waals surface area contributed by atoms with Gasteiger partial charge in [0, 0.05) is 23.2 Å². The van der Waals surface area contributed by atoms with Gasteiger partial charge in [-0.05, 0) is 60.7 Å². The van der Waals surface area contributed by atoms with Crippen LogP contribution in [0.4, 0.5) is 5.82 Å². The molecule has 1 amide bonds. The largest absolute Gasteiger partial charge is 0.306 e. The van der Waals surface area contributed by atoms with E-state index >= 15 is 0 Å². The number of hydrogen-bond acceptors (Lipinski definition) is 5. The first-order chi connectivity index (χ1) is 13.0. The van der Waals surface area contributed by atoms with Crippen LogP contribution in [0.15, 0.2) is 65.0 Å². The number of pyridine rings is 1. The SMILES string of the molecule is Cc1cccnc1NC(=O)c1ccc(S(=O)(=O)NCCc2cccs2)cc1. The summed E-state index contributed by atoms with van der Waals surface area (Å²) >= 11 is 1.59. The Kier molecular flexibility index (Phi) is 6.00. The molecule has 0 aliphatic heterocycles. The highest BCUT2D eigenvalue weighted by molar-refractivity contribution is 7.89. The van der Waals surface area contributed by atoms with Crippen LogP contribution in [0.3, 0.4) is 0 Å². The molecule has 6 nitrogen and oxygen atoms in total. The maximum absolute atomic E-state index is 12.4. The predicted octanol–water partition coefficient (Wildman–Crippen LogP) is 3.22. The van der Waals surface area contributed by atoms with E-state index in [0.29, 0.717) is 24.3 Å². The minimum absolute atomic E-state index is 0.124. The number of rotatable bonds is 7. The molecule has 0 unspecified atom stereocenters. The van der Waals surface area contributed by atoms with Gasteiger partial charge in [-0.3, -0.25) is 4.79 Å². The average molecular weight is 402 g/mol. The summed E-state index contributed by atoms with van der Waals surface area (Å²) in [5.74, 6) is 0.140. The normalized spacial score (nSPS) is 11.3. The molecule has 0 saturated carbocycles. The number of nitrogens with zero attached hydrogens (tertiary/aromatic N) is 1. The predicted molar refractivity (Wildman–Crippen MR) is 107 cm³/mol. The molecule has 0 saturated heterocycles. The maximum atomic E-state index is 12.4. The molecular formula is C19H19N3O3S2. The van der Waals surface area contributed by atoms with Crippen molar-refractivity contribution in [3.05, 3.63) is 76.1 Å². The van der Waals surface area contributed by atoms with Gasteiger partial charge in [0.15, 0.2) is 0 Å². The van der Waals surface area contributed by atoms with Gasteiger partial charge >= 0.3 is 0 Å². The van der Waals surface area contributed by atoms with Crippen LogP contribution in [0.25, 0.3) is 0 Å². The third-order valence-corrected chi connectivity index (χ3v) is 6.32. The van der Waals surface area contributed by atoms with E-state index in [1.54, 1.807) is 23.6 Å². The topological polar surface area (TPSA) is 88.2 Å². The molecule has 0 bridgehead atoms. The number of thiophene rings is 1. The van der Waals surface area contributed by atoms with Crippen molar-refractivity contribution in [1.29, 1.82) is 0 Å². The molecule has 0 aliphatic rings. The quantitative estimate of drug-likeness (QED) is 0.636. The lowest BCUT2D eigenvalue weighted by Gasteiger charge is -2.09. The highest BCUT2D eigenvalue weighted by Gasteiger charge is 2.15. The van der Waals surface area contributed by atoms with Crippen molar-refractivity contribution in [2.45, 2.75) is 18.2 Å². The molecule has 0 aliphatic carbocycles. The summed E-state index contributed by atoms with van der Waals surface area (Å²) in [7, 11) is -3.61. The standard InChI is InChI=1S/C19H19N3O3S2/c1-14-4-2-11-20-18(14)22-19(23)15-6-8-17(9-7-15)27(24,25)21-12-10-16-5-3-13-26-16/h2-9,11,13,21H,10,12H2,1H3,(H,20,22,23). The van der Waals surface area contributed by atoms with Crippen LogP contribution in [0.1, 0.15) is 20.8 Å². The van der Waals surface area contributed by atoms with Gasteiger partial charge in [0.2, 0.25) is 10.0 Å². The molecule has 8 heteroatoms. The van der Waals surface area contributed by atoms with E-state index in [1.807, 2.05) is 30.5 Å². The zero-order valence-corrected chi connectivity index (χ0v) is 16.3. The molecule has 27 heavy (non-hydrogen) atoms. The van der Waals surface area contributed by atoms with Crippen LogP contribution in [-0.4, -0.2) is 25.9 Å². The lowest BCUT2D eigenvalue weighted by atomic mass is 10.2. The number of hydrogen-bond donors (Lipinski definition) is 2. The van der Waals surface area contributed by atoms with Crippen LogP contribution in [0.5, 0.6) is 0 Å². The fourth-order valence-electron chi connectivity index (χ4n) is 2.43. The lowest BCUT2D eigenvalue weighted by Crippen LogP contribution is -2.26. The zero-order chi connectivity index (χ0) is 19.3. The summed E-state index contributed by atoms with van der Waals surface area (Å²) in [6, 6.07) is 13.4. The molecule has 3 rings (SSSR count). The van der Waals surface area contributed by atoms with Gasteiger partial charge in [-0.25, -0.2) is 18.1 Å². The summed E-state index contributed by atoms with van der Waals surface area (Å²) in [5, 5.41) is 4.68. The van der Waals surface area contributed by atoms with Gasteiger partial charge in [-0.15, -0.1) is 11.3 Å². The second-order valence-corrected chi connectivity index (χ2v) is 8.67. The van der Waals surface area contributed by atoms with Crippen molar-refractivity contribution in [1.82, 2.24) is 9.71 Å². The fourth-order valence-corrected chi connectivity index (χ4v) is 4.17. The van der Waals surface area contributed by atoms with Gasteiger partial charge < -0.3 is 5.32 Å². The highest BCUT2D eigenvalue weighted by atomic mass is 32.2. The number of aryl methyl sites for hydroxylation is 1. The smallest absolute Gasteiger partial charge is 0.256 e. The third kappa shape index (κ3) is 5.00. The Morgan fingerprint density at radius 3 is 2.56 bits per heavy atom. The van der Waals surface area contributed by atoms with E-state index in [9.17, 15) is 13.2 Å². The summed E-state index contributed by atoms with van der Waals surface area (Å²) in [4.78, 5) is 17.7. The van der Waals surface area contributed by atoms with Crippen molar-refractivity contribution in [3.63, 3.8) is 0 Å². The molecule has 0 spiro atoms. The minimum atomic E-state index is -3.61. The number of nitrogens with one attached hydrogen (secondary N) is 2. The van der Waals surface area contributed by atoms with Crippen molar-refractivity contribution in [2.24, 2.45) is 0 Å². The second-order valence-electron chi connectivity index (χ2n) is 5.87. The molecule has 140 valence electrons. The van der Waals surface area contributed by atoms with Crippen LogP contribution in [0, 0.1) is 6.92 Å². The van der Waals surface area contributed by atoms with E-state index < -0.39 is 10.0 Å². The Morgan fingerprint density at radius 2 is 1.89 bits per heavy atom. The zero-order valence-electron chi connectivity index (χ0n) is 14.7. The molecular weight excluding hydrogens is 382 g/mol. The van der Waals surface area contributed by atoms with E-state index in [2.05, 4.69) is 15.0 Å². The van der Waals surface area contributed by atoms with Gasteiger partial charge in [0.1, 0.15) is 5.82 Å². The molecule has 1 aromatic carbocycles. The first kappa shape index (κ1) is 19.2. The molecule has 0 atom stereocenters. The van der Waals surface area contributed by atoms with Gasteiger partial charge in [0.05, 0.1) is 4.90 Å². The van der Waals surface area contributed by atoms with Gasteiger partial charge in [-0.2, -0.15) is 0 Å². The molecule has 2 heterocycles. The van der Waals surface area contributed by atoms with E-state index in [-0.39, 0.29) is 10.8 Å². The Labute approximate surface area is 162 Å². The van der Waals surface area contributed by atoms with Gasteiger partial charge in [-0.1, -0.05) is 12.1 Å². The van der Waals surface area contributed by atoms with Crippen LogP contribution in [0.2, 0.25) is 0 Å². The maximum Gasteiger partial charge on any atom is 0.256 e. The average Bonchev–Trinajstić information content (AvgIpc) is 3.17. The van der Waals surface area contributed by atoms with Crippen LogP contribution < -0.4 is 10.0 Å². The Bertz CT molecular complexity index is 1010. The Balaban J connectivity index is 1.63. The van der Waals surface area contributed by atoms with E-state index in [1.165, 1.54) is 24.3 Å². The fraction of sp³-hybridized carbons (Fsp3) is 0.158. The molecule has 0 fully saturated rings. The Hall–Kier alpha value is -2.55. The number of aromatic nitrogens is 1. The van der Waals surface area contributed by atoms with Crippen molar-refractivity contribution < 1.29 is 13.2 Å². The number of carbonyl (C=O) groups is 1. The van der Waals surface area contributed by atoms with Crippen molar-refractivity contribution >= 4 is 33.1 Å². The molecule has 2 N–H and O–H groups in total. The second kappa shape index (κ2) is 8.43. The summed E-state index contributed by atoms with van der Waals surface area (Å²) < 4.78 is 27.3. The summed E-state index contributed by atoms with van der Waals surface area (Å²) in [5.41, 5.74) is 1.21. The number of benzene rings is 1. The van der Waals surface area contributed by atoms with Crippen LogP contribution in [-0.2, 0) is 16.4 Å². The third-order valence-electron chi connectivity index (χ3n) is 3.91. The summed E-state index contributed by atoms with van der Waals surface area (Å²) in [6.45, 7) is 2.17. The molecule has 3 aromatic rings. The van der Waals surface area contributed by atoms with E-state index in [4.69, 9.17) is 0 Å². The van der Waals surface area contributed by atoms with Crippen molar-refractivity contribution in [2.75, 3.05) is 11.9 Å². The summed E-state index contributed by atoms with van der Waals surface area (Å²) in [6.07, 6.45) is 2.24. The lowest BCUT2D eigenvalue weighted by molar-refractivity contribution is 0.102. The molecule has 2 aromatic heterocycles. The minimum Gasteiger partial charge on any atom is -0.306 e. The van der Waals surface area contributed by atoms with Crippen molar-refractivity contribution in [3.8, 4) is 0 Å². The first-order valence-corrected chi connectivity index (χ1v) is 10.7.